The van der Waals surface area contributed by atoms with Gasteiger partial charge in [-0.3, -0.25) is 4.79 Å². The molecule has 0 unspecified atom stereocenters. The Bertz CT molecular complexity index is 520. The van der Waals surface area contributed by atoms with Gasteiger partial charge >= 0.3 is 5.97 Å². The Kier molecular flexibility index (Phi) is 4.91. The van der Waals surface area contributed by atoms with Gasteiger partial charge in [-0.25, -0.2) is 4.98 Å². The number of hydrogen-bond acceptors (Lipinski definition) is 6. The van der Waals surface area contributed by atoms with Crippen LogP contribution in [-0.2, 0) is 20.7 Å². The van der Waals surface area contributed by atoms with E-state index in [9.17, 15) is 4.79 Å². The summed E-state index contributed by atoms with van der Waals surface area (Å²) in [5.74, 6) is 0.182. The lowest BCUT2D eigenvalue weighted by Crippen LogP contribution is -2.08. The second kappa shape index (κ2) is 6.87. The minimum atomic E-state index is -0.265. The van der Waals surface area contributed by atoms with Crippen molar-refractivity contribution in [2.24, 2.45) is 0 Å². The van der Waals surface area contributed by atoms with Crippen molar-refractivity contribution in [3.63, 3.8) is 0 Å². The van der Waals surface area contributed by atoms with Crippen LogP contribution in [0.5, 0.6) is 5.75 Å². The quantitative estimate of drug-likeness (QED) is 0.550. The lowest BCUT2D eigenvalue weighted by molar-refractivity contribution is -0.143. The molecule has 0 N–H and O–H groups in total. The zero-order valence-electron chi connectivity index (χ0n) is 11.3. The summed E-state index contributed by atoms with van der Waals surface area (Å²) in [4.78, 5) is 15.5. The molecule has 1 atom stereocenters. The second-order valence-electron chi connectivity index (χ2n) is 4.33. The lowest BCUT2D eigenvalue weighted by atomic mass is 10.2. The molecule has 0 aromatic carbocycles. The van der Waals surface area contributed by atoms with E-state index >= 15 is 0 Å². The first kappa shape index (κ1) is 14.3. The summed E-state index contributed by atoms with van der Waals surface area (Å²) in [6.45, 7) is 3.26. The molecule has 0 radical (unpaired) electrons. The number of aromatic nitrogens is 1. The number of rotatable bonds is 7. The van der Waals surface area contributed by atoms with Crippen molar-refractivity contribution in [1.82, 2.24) is 4.98 Å². The van der Waals surface area contributed by atoms with Gasteiger partial charge in [0.25, 0.3) is 0 Å². The molecule has 1 aliphatic heterocycles. The largest absolute Gasteiger partial charge is 0.488 e. The van der Waals surface area contributed by atoms with Crippen molar-refractivity contribution < 1.29 is 19.0 Å². The second-order valence-corrected chi connectivity index (χ2v) is 4.33. The van der Waals surface area contributed by atoms with Crippen molar-refractivity contribution in [2.45, 2.75) is 25.9 Å². The van der Waals surface area contributed by atoms with Crippen molar-refractivity contribution in [2.75, 3.05) is 19.8 Å². The first-order chi connectivity index (χ1) is 9.72. The third-order valence-corrected chi connectivity index (χ3v) is 2.74. The summed E-state index contributed by atoms with van der Waals surface area (Å²) < 4.78 is 15.4. The normalized spacial score (nSPS) is 16.3. The lowest BCUT2D eigenvalue weighted by Gasteiger charge is -2.07. The van der Waals surface area contributed by atoms with Gasteiger partial charge in [-0.15, -0.1) is 0 Å². The maximum Gasteiger partial charge on any atom is 0.306 e. The van der Waals surface area contributed by atoms with E-state index in [2.05, 4.69) is 4.98 Å². The fraction of sp³-hybridized carbons (Fsp3) is 0.500. The topological polar surface area (TPSA) is 84.7 Å². The van der Waals surface area contributed by atoms with Gasteiger partial charge in [0.2, 0.25) is 0 Å². The molecule has 106 valence electrons. The van der Waals surface area contributed by atoms with Gasteiger partial charge in [-0.1, -0.05) is 0 Å². The number of ether oxygens (including phenoxy) is 3. The molecule has 0 bridgehead atoms. The molecule has 2 heterocycles. The summed E-state index contributed by atoms with van der Waals surface area (Å²) >= 11 is 0. The van der Waals surface area contributed by atoms with Crippen molar-refractivity contribution >= 4 is 5.97 Å². The summed E-state index contributed by atoms with van der Waals surface area (Å²) in [6, 6.07) is 5.46. The van der Waals surface area contributed by atoms with E-state index in [0.717, 1.165) is 0 Å². The maximum absolute atomic E-state index is 11.3. The predicted octanol–water partition coefficient (Wildman–Crippen LogP) is 1.23. The van der Waals surface area contributed by atoms with E-state index in [1.165, 1.54) is 0 Å². The minimum Gasteiger partial charge on any atom is -0.488 e. The van der Waals surface area contributed by atoms with Crippen LogP contribution < -0.4 is 4.74 Å². The third-order valence-electron chi connectivity index (χ3n) is 2.74. The molecule has 0 aliphatic carbocycles. The number of esters is 1. The van der Waals surface area contributed by atoms with Gasteiger partial charge in [0.1, 0.15) is 18.8 Å². The van der Waals surface area contributed by atoms with Crippen molar-refractivity contribution in [1.29, 1.82) is 5.26 Å². The number of nitrogens with zero attached hydrogens (tertiary/aromatic N) is 2. The summed E-state index contributed by atoms with van der Waals surface area (Å²) in [6.07, 6.45) is 0.825. The molecule has 0 spiro atoms. The summed E-state index contributed by atoms with van der Waals surface area (Å²) in [5.41, 5.74) is 0.900. The van der Waals surface area contributed by atoms with E-state index in [0.29, 0.717) is 37.7 Å². The molecule has 20 heavy (non-hydrogen) atoms. The average molecular weight is 276 g/mol. The minimum absolute atomic E-state index is 0.130. The standard InChI is InChI=1S/C14H16N2O4/c1-2-18-14(17)6-4-10-3-5-13(12(7-15)16-10)20-9-11-8-19-11/h3,5,11H,2,4,6,8-9H2,1H3/t11-/m1/s1. The molecule has 6 heteroatoms. The highest BCUT2D eigenvalue weighted by atomic mass is 16.6. The van der Waals surface area contributed by atoms with Gasteiger partial charge in [0.05, 0.1) is 19.6 Å². The number of epoxide rings is 1. The smallest absolute Gasteiger partial charge is 0.306 e. The number of hydrogen-bond donors (Lipinski definition) is 0. The van der Waals surface area contributed by atoms with E-state index in [4.69, 9.17) is 19.5 Å². The van der Waals surface area contributed by atoms with Crippen molar-refractivity contribution in [3.05, 3.63) is 23.5 Å². The van der Waals surface area contributed by atoms with Crippen LogP contribution in [0, 0.1) is 11.3 Å². The van der Waals surface area contributed by atoms with Gasteiger partial charge in [0, 0.05) is 12.1 Å². The molecule has 0 saturated carbocycles. The molecule has 6 nitrogen and oxygen atoms in total. The highest BCUT2D eigenvalue weighted by Crippen LogP contribution is 2.19. The van der Waals surface area contributed by atoms with E-state index in [1.807, 2.05) is 6.07 Å². The average Bonchev–Trinajstić information content (AvgIpc) is 3.27. The number of carbonyl (C=O) groups excluding carboxylic acids is 1. The SMILES string of the molecule is CCOC(=O)CCc1ccc(OC[C@H]2CO2)c(C#N)n1. The van der Waals surface area contributed by atoms with Crippen LogP contribution >= 0.6 is 0 Å². The monoisotopic (exact) mass is 276 g/mol. The molecular weight excluding hydrogens is 260 g/mol. The van der Waals surface area contributed by atoms with Gasteiger partial charge in [0.15, 0.2) is 11.4 Å². The Balaban J connectivity index is 1.93. The maximum atomic E-state index is 11.3. The first-order valence-corrected chi connectivity index (χ1v) is 6.53. The van der Waals surface area contributed by atoms with E-state index in [-0.39, 0.29) is 24.2 Å². The van der Waals surface area contributed by atoms with Gasteiger partial charge < -0.3 is 14.2 Å². The van der Waals surface area contributed by atoms with Gasteiger partial charge in [-0.2, -0.15) is 5.26 Å². The van der Waals surface area contributed by atoms with E-state index in [1.54, 1.807) is 19.1 Å². The van der Waals surface area contributed by atoms with Crippen LogP contribution in [0.15, 0.2) is 12.1 Å². The van der Waals surface area contributed by atoms with Crippen molar-refractivity contribution in [3.8, 4) is 11.8 Å². The van der Waals surface area contributed by atoms with E-state index < -0.39 is 0 Å². The molecular formula is C14H16N2O4. The zero-order chi connectivity index (χ0) is 14.4. The Morgan fingerprint density at radius 2 is 2.40 bits per heavy atom. The molecule has 1 saturated heterocycles. The van der Waals surface area contributed by atoms with Crippen LogP contribution in [0.3, 0.4) is 0 Å². The number of pyridine rings is 1. The van der Waals surface area contributed by atoms with Gasteiger partial charge in [-0.05, 0) is 19.1 Å². The molecule has 1 fully saturated rings. The van der Waals surface area contributed by atoms with Crippen LogP contribution in [-0.4, -0.2) is 36.9 Å². The van der Waals surface area contributed by atoms with Crippen LogP contribution in [0.25, 0.3) is 0 Å². The molecule has 1 aromatic heterocycles. The summed E-state index contributed by atoms with van der Waals surface area (Å²) in [5, 5.41) is 9.07. The summed E-state index contributed by atoms with van der Waals surface area (Å²) in [7, 11) is 0. The number of carbonyl (C=O) groups is 1. The molecule has 1 aromatic rings. The first-order valence-electron chi connectivity index (χ1n) is 6.53. The number of aryl methyl sites for hydroxylation is 1. The Labute approximate surface area is 117 Å². The zero-order valence-corrected chi connectivity index (χ0v) is 11.3. The fourth-order valence-electron chi connectivity index (χ4n) is 1.63. The Morgan fingerprint density at radius 3 is 3.05 bits per heavy atom. The number of nitriles is 1. The molecule has 0 amide bonds. The van der Waals surface area contributed by atoms with Crippen LogP contribution in [0.2, 0.25) is 0 Å². The Morgan fingerprint density at radius 1 is 1.60 bits per heavy atom. The molecule has 2 rings (SSSR count). The highest BCUT2D eigenvalue weighted by molar-refractivity contribution is 5.69. The fourth-order valence-corrected chi connectivity index (χ4v) is 1.63. The highest BCUT2D eigenvalue weighted by Gasteiger charge is 2.23. The third kappa shape index (κ3) is 4.21. The Hall–Kier alpha value is -2.13. The van der Waals surface area contributed by atoms with Crippen LogP contribution in [0.4, 0.5) is 0 Å². The molecule has 1 aliphatic rings. The predicted molar refractivity (Wildman–Crippen MR) is 69.1 cm³/mol. The van der Waals surface area contributed by atoms with Crippen LogP contribution in [0.1, 0.15) is 24.7 Å².